The molecule has 0 fully saturated rings. The largest absolute Gasteiger partial charge is 0.394 e. The fourth-order valence-electron chi connectivity index (χ4n) is 0.538. The summed E-state index contributed by atoms with van der Waals surface area (Å²) < 4.78 is 0. The zero-order chi connectivity index (χ0) is 10.1. The van der Waals surface area contributed by atoms with Gasteiger partial charge >= 0.3 is 0 Å². The molecule has 0 saturated carbocycles. The molecule has 0 spiro atoms. The number of rotatable bonds is 8. The van der Waals surface area contributed by atoms with E-state index in [9.17, 15) is 0 Å². The minimum absolute atomic E-state index is 0.00364. The van der Waals surface area contributed by atoms with Crippen LogP contribution in [0.15, 0.2) is 12.7 Å². The molecule has 6 heteroatoms. The lowest BCUT2D eigenvalue weighted by Crippen LogP contribution is -2.35. The van der Waals surface area contributed by atoms with Crippen molar-refractivity contribution in [3.8, 4) is 0 Å². The van der Waals surface area contributed by atoms with Crippen LogP contribution in [-0.4, -0.2) is 53.2 Å². The van der Waals surface area contributed by atoms with Gasteiger partial charge in [-0.15, -0.1) is 0 Å². The molecule has 13 heavy (non-hydrogen) atoms. The maximum absolute atomic E-state index is 9.17. The summed E-state index contributed by atoms with van der Waals surface area (Å²) in [5, 5.41) is 26.8. The molecular formula is C7H15NO5. The average Bonchev–Trinajstić information content (AvgIpc) is 2.17. The van der Waals surface area contributed by atoms with Crippen molar-refractivity contribution in [1.29, 1.82) is 0 Å². The molecule has 0 bridgehead atoms. The normalized spacial score (nSPS) is 13.2. The molecule has 0 aromatic rings. The van der Waals surface area contributed by atoms with Crippen LogP contribution in [0.3, 0.4) is 0 Å². The van der Waals surface area contributed by atoms with E-state index in [2.05, 4.69) is 6.58 Å². The van der Waals surface area contributed by atoms with Crippen molar-refractivity contribution in [2.24, 2.45) is 0 Å². The number of aliphatic hydroxyl groups is 3. The molecule has 1 unspecified atom stereocenters. The molecule has 0 aromatic heterocycles. The third-order valence-corrected chi connectivity index (χ3v) is 1.05. The van der Waals surface area contributed by atoms with Crippen molar-refractivity contribution in [1.82, 2.24) is 5.23 Å². The molecule has 78 valence electrons. The Hall–Kier alpha value is -0.500. The molecule has 0 radical (unpaired) electrons. The summed E-state index contributed by atoms with van der Waals surface area (Å²) in [7, 11) is 0. The topological polar surface area (TPSA) is 82.4 Å². The Bertz CT molecular complexity index is 124. The van der Waals surface area contributed by atoms with E-state index in [-0.39, 0.29) is 26.4 Å². The third-order valence-electron chi connectivity index (χ3n) is 1.05. The fourth-order valence-corrected chi connectivity index (χ4v) is 0.538. The first-order chi connectivity index (χ1) is 6.26. The SMILES string of the molecule is C=CC(O)N(OCCO)OCCO. The summed E-state index contributed by atoms with van der Waals surface area (Å²) in [6.07, 6.45) is 0.0625. The van der Waals surface area contributed by atoms with Crippen LogP contribution in [0.1, 0.15) is 0 Å². The van der Waals surface area contributed by atoms with Gasteiger partial charge in [0.15, 0.2) is 6.23 Å². The molecule has 0 heterocycles. The summed E-state index contributed by atoms with van der Waals surface area (Å²) in [5.74, 6) is 0. The van der Waals surface area contributed by atoms with Crippen LogP contribution >= 0.6 is 0 Å². The lowest BCUT2D eigenvalue weighted by Gasteiger charge is -2.22. The highest BCUT2D eigenvalue weighted by Gasteiger charge is 2.13. The van der Waals surface area contributed by atoms with E-state index < -0.39 is 6.23 Å². The first-order valence-electron chi connectivity index (χ1n) is 3.83. The number of hydrogen-bond acceptors (Lipinski definition) is 6. The lowest BCUT2D eigenvalue weighted by molar-refractivity contribution is -0.411. The smallest absolute Gasteiger partial charge is 0.175 e. The molecule has 6 nitrogen and oxygen atoms in total. The van der Waals surface area contributed by atoms with Gasteiger partial charge in [0, 0.05) is 0 Å². The van der Waals surface area contributed by atoms with Crippen LogP contribution in [0.5, 0.6) is 0 Å². The van der Waals surface area contributed by atoms with Gasteiger partial charge in [-0.25, -0.2) is 0 Å². The summed E-state index contributed by atoms with van der Waals surface area (Å²) in [6.45, 7) is 2.93. The zero-order valence-corrected chi connectivity index (χ0v) is 7.30. The number of aliphatic hydroxyl groups excluding tert-OH is 3. The Labute approximate surface area is 76.5 Å². The van der Waals surface area contributed by atoms with Crippen molar-refractivity contribution in [2.75, 3.05) is 26.4 Å². The van der Waals surface area contributed by atoms with Gasteiger partial charge in [0.1, 0.15) is 0 Å². The van der Waals surface area contributed by atoms with Crippen LogP contribution < -0.4 is 0 Å². The quantitative estimate of drug-likeness (QED) is 0.251. The van der Waals surface area contributed by atoms with Crippen LogP contribution in [0.4, 0.5) is 0 Å². The van der Waals surface area contributed by atoms with Crippen LogP contribution in [0.25, 0.3) is 0 Å². The van der Waals surface area contributed by atoms with Gasteiger partial charge in [0.05, 0.1) is 26.4 Å². The van der Waals surface area contributed by atoms with Crippen LogP contribution in [-0.2, 0) is 9.68 Å². The maximum atomic E-state index is 9.17. The Kier molecular flexibility index (Phi) is 7.80. The third kappa shape index (κ3) is 5.69. The van der Waals surface area contributed by atoms with Crippen molar-refractivity contribution in [3.05, 3.63) is 12.7 Å². The Morgan fingerprint density at radius 3 is 2.00 bits per heavy atom. The minimum Gasteiger partial charge on any atom is -0.394 e. The van der Waals surface area contributed by atoms with Gasteiger partial charge in [-0.05, 0) is 11.3 Å². The van der Waals surface area contributed by atoms with E-state index in [1.54, 1.807) is 0 Å². The molecule has 0 saturated heterocycles. The van der Waals surface area contributed by atoms with E-state index in [0.29, 0.717) is 0 Å². The summed E-state index contributed by atoms with van der Waals surface area (Å²) in [6, 6.07) is 0. The highest BCUT2D eigenvalue weighted by Crippen LogP contribution is 1.99. The van der Waals surface area contributed by atoms with Gasteiger partial charge in [0.25, 0.3) is 0 Å². The molecule has 0 aliphatic heterocycles. The van der Waals surface area contributed by atoms with Crippen molar-refractivity contribution in [2.45, 2.75) is 6.23 Å². The van der Waals surface area contributed by atoms with E-state index in [0.717, 1.165) is 5.23 Å². The van der Waals surface area contributed by atoms with Crippen molar-refractivity contribution >= 4 is 0 Å². The summed E-state index contributed by atoms with van der Waals surface area (Å²) in [4.78, 5) is 9.55. The lowest BCUT2D eigenvalue weighted by atomic mass is 10.6. The van der Waals surface area contributed by atoms with E-state index in [1.165, 1.54) is 6.08 Å². The first kappa shape index (κ1) is 12.5. The van der Waals surface area contributed by atoms with Crippen LogP contribution in [0.2, 0.25) is 0 Å². The van der Waals surface area contributed by atoms with Crippen molar-refractivity contribution < 1.29 is 25.0 Å². The van der Waals surface area contributed by atoms with Gasteiger partial charge < -0.3 is 15.3 Å². The van der Waals surface area contributed by atoms with Gasteiger partial charge in [-0.3, -0.25) is 9.68 Å². The number of hydroxylamine groups is 2. The summed E-state index contributed by atoms with van der Waals surface area (Å²) in [5.41, 5.74) is 0. The molecule has 0 rings (SSSR count). The Morgan fingerprint density at radius 2 is 1.69 bits per heavy atom. The second-order valence-corrected chi connectivity index (χ2v) is 2.05. The zero-order valence-electron chi connectivity index (χ0n) is 7.30. The Balaban J connectivity index is 3.79. The average molecular weight is 193 g/mol. The molecule has 0 aromatic carbocycles. The Morgan fingerprint density at radius 1 is 1.23 bits per heavy atom. The predicted molar refractivity (Wildman–Crippen MR) is 44.1 cm³/mol. The van der Waals surface area contributed by atoms with E-state index in [1.807, 2.05) is 0 Å². The van der Waals surface area contributed by atoms with E-state index >= 15 is 0 Å². The molecule has 1 atom stereocenters. The molecular weight excluding hydrogens is 178 g/mol. The molecule has 3 N–H and O–H groups in total. The van der Waals surface area contributed by atoms with Gasteiger partial charge in [-0.1, -0.05) is 6.58 Å². The molecule has 0 aliphatic carbocycles. The van der Waals surface area contributed by atoms with Crippen molar-refractivity contribution in [3.63, 3.8) is 0 Å². The maximum Gasteiger partial charge on any atom is 0.175 e. The number of hydrogen-bond donors (Lipinski definition) is 3. The van der Waals surface area contributed by atoms with E-state index in [4.69, 9.17) is 25.0 Å². The van der Waals surface area contributed by atoms with Gasteiger partial charge in [0.2, 0.25) is 0 Å². The second-order valence-electron chi connectivity index (χ2n) is 2.05. The fraction of sp³-hybridized carbons (Fsp3) is 0.714. The van der Waals surface area contributed by atoms with Gasteiger partial charge in [-0.2, -0.15) is 0 Å². The summed E-state index contributed by atoms with van der Waals surface area (Å²) >= 11 is 0. The highest BCUT2D eigenvalue weighted by atomic mass is 17.0. The second kappa shape index (κ2) is 8.11. The standard InChI is InChI=1S/C7H15NO5/c1-2-7(11)8(12-5-3-9)13-6-4-10/h2,7,9-11H,1,3-6H2. The predicted octanol–water partition coefficient (Wildman–Crippen LogP) is -1.36. The van der Waals surface area contributed by atoms with Crippen LogP contribution in [0, 0.1) is 0 Å². The monoisotopic (exact) mass is 193 g/mol. The molecule has 0 amide bonds. The first-order valence-corrected chi connectivity index (χ1v) is 3.83. The number of nitrogens with zero attached hydrogens (tertiary/aromatic N) is 1. The minimum atomic E-state index is -1.13. The molecule has 0 aliphatic rings. The highest BCUT2D eigenvalue weighted by molar-refractivity contribution is 4.72.